The molecule has 3 rings (SSSR count). The number of ether oxygens (including phenoxy) is 2. The predicted molar refractivity (Wildman–Crippen MR) is 86.1 cm³/mol. The van der Waals surface area contributed by atoms with E-state index in [2.05, 4.69) is 11.3 Å². The summed E-state index contributed by atoms with van der Waals surface area (Å²) in [5, 5.41) is 0. The zero-order chi connectivity index (χ0) is 20.0. The van der Waals surface area contributed by atoms with Gasteiger partial charge in [0.15, 0.2) is 0 Å². The Morgan fingerprint density at radius 3 is 2.22 bits per heavy atom. The van der Waals surface area contributed by atoms with Gasteiger partial charge in [-0.05, 0) is 50.2 Å². The summed E-state index contributed by atoms with van der Waals surface area (Å²) in [4.78, 5) is 0. The second-order valence-electron chi connectivity index (χ2n) is 7.13. The first-order valence-corrected chi connectivity index (χ1v) is 8.75. The Labute approximate surface area is 153 Å². The van der Waals surface area contributed by atoms with E-state index in [0.717, 1.165) is 6.07 Å². The van der Waals surface area contributed by atoms with Crippen LogP contribution in [0.25, 0.3) is 0 Å². The Bertz CT molecular complexity index is 716. The number of hydrogen-bond acceptors (Lipinski definition) is 2. The Hall–Kier alpha value is -1.70. The van der Waals surface area contributed by atoms with E-state index in [0.29, 0.717) is 12.8 Å². The maximum atomic E-state index is 14.6. The average molecular weight is 394 g/mol. The zero-order valence-electron chi connectivity index (χ0n) is 14.7. The molecule has 1 heterocycles. The lowest BCUT2D eigenvalue weighted by atomic mass is 9.81. The standard InChI is InChI=1S/C19H20F6O2/c1-3-11-4-6-12(7-5-11)19(24,25)27-17-10(2)8-13(14-9-26-14)16(20)15(17)18(21,22)23/h3,8,11-12,14H,1,4-7,9H2,2H3. The van der Waals surface area contributed by atoms with Gasteiger partial charge in [0.25, 0.3) is 0 Å². The van der Waals surface area contributed by atoms with Crippen molar-refractivity contribution in [2.45, 2.75) is 51.0 Å². The minimum Gasteiger partial charge on any atom is -0.431 e. The molecule has 0 bridgehead atoms. The maximum Gasteiger partial charge on any atom is 0.422 e. The van der Waals surface area contributed by atoms with Gasteiger partial charge in [0.2, 0.25) is 0 Å². The summed E-state index contributed by atoms with van der Waals surface area (Å²) in [6.45, 7) is 4.92. The summed E-state index contributed by atoms with van der Waals surface area (Å²) in [5.41, 5.74) is -2.29. The van der Waals surface area contributed by atoms with Crippen LogP contribution in [0.1, 0.15) is 48.5 Å². The van der Waals surface area contributed by atoms with Crippen LogP contribution in [0.2, 0.25) is 0 Å². The molecule has 0 N–H and O–H groups in total. The molecule has 0 aromatic heterocycles. The van der Waals surface area contributed by atoms with Crippen LogP contribution in [0.5, 0.6) is 5.75 Å². The number of aryl methyl sites for hydroxylation is 1. The third-order valence-electron chi connectivity index (χ3n) is 5.21. The molecule has 1 aromatic carbocycles. The third kappa shape index (κ3) is 4.10. The number of epoxide rings is 1. The fourth-order valence-electron chi connectivity index (χ4n) is 3.56. The van der Waals surface area contributed by atoms with Gasteiger partial charge >= 0.3 is 12.3 Å². The first-order valence-electron chi connectivity index (χ1n) is 8.75. The van der Waals surface area contributed by atoms with Crippen LogP contribution in [0.4, 0.5) is 26.3 Å². The van der Waals surface area contributed by atoms with Gasteiger partial charge in [0.05, 0.1) is 12.5 Å². The Morgan fingerprint density at radius 1 is 1.15 bits per heavy atom. The Kier molecular flexibility index (Phi) is 5.22. The second kappa shape index (κ2) is 7.04. The fraction of sp³-hybridized carbons (Fsp3) is 0.579. The SMILES string of the molecule is C=CC1CCC(C(F)(F)Oc2c(C)cc(C3CO3)c(F)c2C(F)(F)F)CC1. The Balaban J connectivity index is 1.93. The third-order valence-corrected chi connectivity index (χ3v) is 5.21. The molecule has 1 aliphatic carbocycles. The molecule has 0 amide bonds. The molecule has 1 aliphatic heterocycles. The Morgan fingerprint density at radius 2 is 1.74 bits per heavy atom. The molecule has 1 saturated heterocycles. The van der Waals surface area contributed by atoms with Crippen molar-refractivity contribution in [2.75, 3.05) is 6.61 Å². The molecular formula is C19H20F6O2. The van der Waals surface area contributed by atoms with Gasteiger partial charge in [-0.1, -0.05) is 6.08 Å². The largest absolute Gasteiger partial charge is 0.431 e. The molecule has 2 nitrogen and oxygen atoms in total. The van der Waals surface area contributed by atoms with E-state index in [1.54, 1.807) is 6.08 Å². The lowest BCUT2D eigenvalue weighted by molar-refractivity contribution is -0.226. The number of rotatable bonds is 5. The fourth-order valence-corrected chi connectivity index (χ4v) is 3.56. The van der Waals surface area contributed by atoms with E-state index in [1.165, 1.54) is 6.92 Å². The van der Waals surface area contributed by atoms with Crippen LogP contribution in [0, 0.1) is 24.6 Å². The summed E-state index contributed by atoms with van der Waals surface area (Å²) in [6, 6.07) is 1.09. The number of alkyl halides is 5. The van der Waals surface area contributed by atoms with Crippen molar-refractivity contribution in [3.8, 4) is 5.75 Å². The van der Waals surface area contributed by atoms with Gasteiger partial charge in [0.1, 0.15) is 23.2 Å². The van der Waals surface area contributed by atoms with Crippen molar-refractivity contribution < 1.29 is 35.8 Å². The van der Waals surface area contributed by atoms with Crippen molar-refractivity contribution in [3.05, 3.63) is 41.2 Å². The van der Waals surface area contributed by atoms with Gasteiger partial charge in [-0.15, -0.1) is 6.58 Å². The minimum absolute atomic E-state index is 0.0938. The summed E-state index contributed by atoms with van der Waals surface area (Å²) in [7, 11) is 0. The normalized spacial score (nSPS) is 26.0. The van der Waals surface area contributed by atoms with Gasteiger partial charge in [0, 0.05) is 5.56 Å². The van der Waals surface area contributed by atoms with E-state index >= 15 is 0 Å². The molecule has 8 heteroatoms. The van der Waals surface area contributed by atoms with E-state index in [-0.39, 0.29) is 36.5 Å². The van der Waals surface area contributed by atoms with Crippen LogP contribution >= 0.6 is 0 Å². The van der Waals surface area contributed by atoms with Crippen LogP contribution in [-0.2, 0) is 10.9 Å². The lowest BCUT2D eigenvalue weighted by Gasteiger charge is -2.33. The zero-order valence-corrected chi connectivity index (χ0v) is 14.7. The quantitative estimate of drug-likeness (QED) is 0.338. The molecule has 2 fully saturated rings. The van der Waals surface area contributed by atoms with Crippen molar-refractivity contribution in [1.29, 1.82) is 0 Å². The number of hydrogen-bond donors (Lipinski definition) is 0. The highest BCUT2D eigenvalue weighted by molar-refractivity contribution is 5.48. The number of allylic oxidation sites excluding steroid dienone is 1. The molecule has 0 radical (unpaired) electrons. The molecule has 0 spiro atoms. The maximum absolute atomic E-state index is 14.6. The summed E-state index contributed by atoms with van der Waals surface area (Å²) < 4.78 is 93.5. The van der Waals surface area contributed by atoms with E-state index < -0.39 is 41.4 Å². The molecule has 1 atom stereocenters. The summed E-state index contributed by atoms with van der Waals surface area (Å²) >= 11 is 0. The average Bonchev–Trinajstić information content (AvgIpc) is 3.41. The van der Waals surface area contributed by atoms with Crippen LogP contribution in [0.15, 0.2) is 18.7 Å². The van der Waals surface area contributed by atoms with Crippen molar-refractivity contribution in [1.82, 2.24) is 0 Å². The predicted octanol–water partition coefficient (Wildman–Crippen LogP) is 6.19. The molecule has 1 saturated carbocycles. The first-order chi connectivity index (χ1) is 12.5. The van der Waals surface area contributed by atoms with E-state index in [4.69, 9.17) is 4.74 Å². The number of halogens is 6. The molecule has 1 unspecified atom stereocenters. The highest BCUT2D eigenvalue weighted by Gasteiger charge is 2.48. The van der Waals surface area contributed by atoms with Crippen LogP contribution in [0.3, 0.4) is 0 Å². The lowest BCUT2D eigenvalue weighted by Crippen LogP contribution is -2.38. The molecule has 150 valence electrons. The minimum atomic E-state index is -5.17. The first kappa shape index (κ1) is 20.0. The molecular weight excluding hydrogens is 374 g/mol. The highest BCUT2D eigenvalue weighted by Crippen LogP contribution is 2.48. The van der Waals surface area contributed by atoms with E-state index in [1.807, 2.05) is 0 Å². The monoisotopic (exact) mass is 394 g/mol. The van der Waals surface area contributed by atoms with Crippen molar-refractivity contribution in [3.63, 3.8) is 0 Å². The highest BCUT2D eigenvalue weighted by atomic mass is 19.4. The number of benzene rings is 1. The van der Waals surface area contributed by atoms with Crippen LogP contribution < -0.4 is 4.74 Å². The van der Waals surface area contributed by atoms with Gasteiger partial charge in [-0.25, -0.2) is 4.39 Å². The van der Waals surface area contributed by atoms with Crippen molar-refractivity contribution >= 4 is 0 Å². The molecule has 1 aromatic rings. The second-order valence-corrected chi connectivity index (χ2v) is 7.13. The van der Waals surface area contributed by atoms with Crippen LogP contribution in [-0.4, -0.2) is 12.7 Å². The van der Waals surface area contributed by atoms with Gasteiger partial charge in [-0.2, -0.15) is 22.0 Å². The van der Waals surface area contributed by atoms with E-state index in [9.17, 15) is 26.3 Å². The smallest absolute Gasteiger partial charge is 0.422 e. The topological polar surface area (TPSA) is 21.8 Å². The van der Waals surface area contributed by atoms with Gasteiger partial charge < -0.3 is 9.47 Å². The molecule has 2 aliphatic rings. The summed E-state index contributed by atoms with van der Waals surface area (Å²) in [5.74, 6) is -3.89. The molecule has 27 heavy (non-hydrogen) atoms. The summed E-state index contributed by atoms with van der Waals surface area (Å²) in [6.07, 6.45) is -6.98. The van der Waals surface area contributed by atoms with Gasteiger partial charge in [-0.3, -0.25) is 0 Å². The van der Waals surface area contributed by atoms with Crippen molar-refractivity contribution in [2.24, 2.45) is 11.8 Å².